The molecular formula is C14H21BrFN3. The van der Waals surface area contributed by atoms with Crippen LogP contribution >= 0.6 is 15.9 Å². The minimum atomic E-state index is -0.230. The Hall–Kier alpha value is -0.490. The van der Waals surface area contributed by atoms with Crippen LogP contribution in [0.25, 0.3) is 0 Å². The fourth-order valence-electron chi connectivity index (χ4n) is 2.58. The van der Waals surface area contributed by atoms with Gasteiger partial charge in [-0.1, -0.05) is 6.07 Å². The van der Waals surface area contributed by atoms with Crippen LogP contribution in [0.5, 0.6) is 0 Å². The van der Waals surface area contributed by atoms with Crippen LogP contribution in [0.2, 0.25) is 0 Å². The van der Waals surface area contributed by atoms with Crippen molar-refractivity contribution >= 4 is 15.9 Å². The van der Waals surface area contributed by atoms with Crippen LogP contribution < -0.4 is 5.73 Å². The number of piperazine rings is 1. The topological polar surface area (TPSA) is 32.5 Å². The quantitative estimate of drug-likeness (QED) is 0.916. The third kappa shape index (κ3) is 3.75. The van der Waals surface area contributed by atoms with Crippen molar-refractivity contribution in [2.24, 2.45) is 5.73 Å². The predicted molar refractivity (Wildman–Crippen MR) is 79.7 cm³/mol. The molecule has 0 aromatic heterocycles. The zero-order valence-corrected chi connectivity index (χ0v) is 13.0. The Morgan fingerprint density at radius 1 is 1.42 bits per heavy atom. The molecule has 1 aromatic carbocycles. The second-order valence-corrected chi connectivity index (χ2v) is 6.28. The van der Waals surface area contributed by atoms with Crippen molar-refractivity contribution < 1.29 is 4.39 Å². The lowest BCUT2D eigenvalue weighted by molar-refractivity contribution is 0.0973. The van der Waals surface area contributed by atoms with Gasteiger partial charge in [0, 0.05) is 31.7 Å². The van der Waals surface area contributed by atoms with E-state index in [4.69, 9.17) is 5.73 Å². The molecule has 0 bridgehead atoms. The van der Waals surface area contributed by atoms with Gasteiger partial charge in [0.1, 0.15) is 5.82 Å². The minimum Gasteiger partial charge on any atom is -0.326 e. The summed E-state index contributed by atoms with van der Waals surface area (Å²) in [6.07, 6.45) is 0.766. The van der Waals surface area contributed by atoms with Crippen molar-refractivity contribution in [1.82, 2.24) is 9.80 Å². The first-order chi connectivity index (χ1) is 8.97. The molecule has 3 nitrogen and oxygen atoms in total. The van der Waals surface area contributed by atoms with Crippen molar-refractivity contribution in [2.75, 3.05) is 33.7 Å². The van der Waals surface area contributed by atoms with E-state index < -0.39 is 0 Å². The van der Waals surface area contributed by atoms with Crippen molar-refractivity contribution in [1.29, 1.82) is 0 Å². The van der Waals surface area contributed by atoms with Crippen LogP contribution in [0.15, 0.2) is 22.7 Å². The first-order valence-corrected chi connectivity index (χ1v) is 7.35. The first-order valence-electron chi connectivity index (χ1n) is 6.55. The van der Waals surface area contributed by atoms with E-state index in [9.17, 15) is 4.39 Å². The second kappa shape index (κ2) is 6.31. The zero-order valence-electron chi connectivity index (χ0n) is 11.4. The summed E-state index contributed by atoms with van der Waals surface area (Å²) in [4.78, 5) is 4.63. The highest BCUT2D eigenvalue weighted by atomic mass is 79.9. The van der Waals surface area contributed by atoms with Gasteiger partial charge in [0.15, 0.2) is 0 Å². The molecule has 0 spiro atoms. The maximum atomic E-state index is 13.2. The van der Waals surface area contributed by atoms with E-state index in [0.717, 1.165) is 31.6 Å². The summed E-state index contributed by atoms with van der Waals surface area (Å²) in [5.41, 5.74) is 7.42. The van der Waals surface area contributed by atoms with E-state index in [-0.39, 0.29) is 11.9 Å². The van der Waals surface area contributed by atoms with E-state index in [2.05, 4.69) is 39.8 Å². The highest BCUT2D eigenvalue weighted by molar-refractivity contribution is 9.10. The molecule has 0 amide bonds. The summed E-state index contributed by atoms with van der Waals surface area (Å²) < 4.78 is 13.7. The molecule has 1 saturated heterocycles. The number of nitrogens with two attached hydrogens (primary N) is 1. The normalized spacial score (nSPS) is 23.5. The smallest absolute Gasteiger partial charge is 0.137 e. The van der Waals surface area contributed by atoms with E-state index >= 15 is 0 Å². The Bertz CT molecular complexity index is 441. The van der Waals surface area contributed by atoms with Gasteiger partial charge in [0.05, 0.1) is 4.47 Å². The predicted octanol–water partition coefficient (Wildman–Crippen LogP) is 1.70. The van der Waals surface area contributed by atoms with Crippen LogP contribution in [0.3, 0.4) is 0 Å². The molecule has 106 valence electrons. The highest BCUT2D eigenvalue weighted by Crippen LogP contribution is 2.19. The molecule has 5 heteroatoms. The van der Waals surface area contributed by atoms with E-state index in [1.165, 1.54) is 6.07 Å². The lowest BCUT2D eigenvalue weighted by atomic mass is 9.97. The van der Waals surface area contributed by atoms with Crippen molar-refractivity contribution in [3.63, 3.8) is 0 Å². The van der Waals surface area contributed by atoms with E-state index in [1.54, 1.807) is 0 Å². The number of halogens is 2. The maximum absolute atomic E-state index is 13.2. The van der Waals surface area contributed by atoms with Gasteiger partial charge in [-0.05, 0) is 54.1 Å². The number of likely N-dealkylation sites (N-methyl/N-ethyl adjacent to an activating group) is 2. The van der Waals surface area contributed by atoms with Gasteiger partial charge in [-0.25, -0.2) is 4.39 Å². The number of rotatable bonds is 3. The van der Waals surface area contributed by atoms with Gasteiger partial charge in [-0.3, -0.25) is 4.90 Å². The molecule has 0 radical (unpaired) electrons. The van der Waals surface area contributed by atoms with Crippen LogP contribution in [0.1, 0.15) is 5.56 Å². The molecule has 19 heavy (non-hydrogen) atoms. The van der Waals surface area contributed by atoms with Crippen LogP contribution in [-0.2, 0) is 6.42 Å². The lowest BCUT2D eigenvalue weighted by Gasteiger charge is -2.40. The Morgan fingerprint density at radius 2 is 2.16 bits per heavy atom. The maximum Gasteiger partial charge on any atom is 0.137 e. The molecule has 2 N–H and O–H groups in total. The molecule has 2 rings (SSSR count). The van der Waals surface area contributed by atoms with Gasteiger partial charge >= 0.3 is 0 Å². The SMILES string of the molecule is CN1CCN(C)C(C(N)Cc2ccc(F)c(Br)c2)C1. The van der Waals surface area contributed by atoms with Crippen molar-refractivity contribution in [3.8, 4) is 0 Å². The fourth-order valence-corrected chi connectivity index (χ4v) is 3.01. The third-order valence-electron chi connectivity index (χ3n) is 3.85. The Labute approximate surface area is 122 Å². The third-order valence-corrected chi connectivity index (χ3v) is 4.46. The summed E-state index contributed by atoms with van der Waals surface area (Å²) in [6, 6.07) is 5.53. The van der Waals surface area contributed by atoms with Gasteiger partial charge in [-0.2, -0.15) is 0 Å². The molecule has 1 fully saturated rings. The molecule has 2 unspecified atom stereocenters. The number of hydrogen-bond donors (Lipinski definition) is 1. The van der Waals surface area contributed by atoms with Crippen LogP contribution in [0, 0.1) is 5.82 Å². The Kier molecular flexibility index (Phi) is 4.95. The summed E-state index contributed by atoms with van der Waals surface area (Å²) in [7, 11) is 4.25. The molecule has 1 aromatic rings. The standard InChI is InChI=1S/C14H21BrFN3/c1-18-5-6-19(2)14(9-18)13(17)8-10-3-4-12(16)11(15)7-10/h3-4,7,13-14H,5-6,8-9,17H2,1-2H3. The summed E-state index contributed by atoms with van der Waals surface area (Å²) in [6.45, 7) is 3.11. The summed E-state index contributed by atoms with van der Waals surface area (Å²) >= 11 is 3.22. The van der Waals surface area contributed by atoms with Gasteiger partial charge in [0.25, 0.3) is 0 Å². The van der Waals surface area contributed by atoms with Crippen molar-refractivity contribution in [3.05, 3.63) is 34.1 Å². The zero-order chi connectivity index (χ0) is 14.0. The molecule has 0 aliphatic carbocycles. The van der Waals surface area contributed by atoms with E-state index in [0.29, 0.717) is 10.5 Å². The van der Waals surface area contributed by atoms with Gasteiger partial charge in [0.2, 0.25) is 0 Å². The average Bonchev–Trinajstić information content (AvgIpc) is 2.36. The van der Waals surface area contributed by atoms with E-state index in [1.807, 2.05) is 12.1 Å². The van der Waals surface area contributed by atoms with Crippen molar-refractivity contribution in [2.45, 2.75) is 18.5 Å². The Morgan fingerprint density at radius 3 is 2.84 bits per heavy atom. The monoisotopic (exact) mass is 329 g/mol. The van der Waals surface area contributed by atoms with Gasteiger partial charge < -0.3 is 10.6 Å². The summed E-state index contributed by atoms with van der Waals surface area (Å²) in [5, 5.41) is 0. The fraction of sp³-hybridized carbons (Fsp3) is 0.571. The second-order valence-electron chi connectivity index (χ2n) is 5.43. The molecule has 0 saturated carbocycles. The summed E-state index contributed by atoms with van der Waals surface area (Å²) in [5.74, 6) is -0.230. The lowest BCUT2D eigenvalue weighted by Crippen LogP contribution is -2.58. The number of hydrogen-bond acceptors (Lipinski definition) is 3. The number of benzene rings is 1. The van der Waals surface area contributed by atoms with Gasteiger partial charge in [-0.15, -0.1) is 0 Å². The minimum absolute atomic E-state index is 0.0603. The molecule has 2 atom stereocenters. The highest BCUT2D eigenvalue weighted by Gasteiger charge is 2.27. The largest absolute Gasteiger partial charge is 0.326 e. The molecule has 1 aliphatic heterocycles. The average molecular weight is 330 g/mol. The molecule has 1 aliphatic rings. The number of nitrogens with zero attached hydrogens (tertiary/aromatic N) is 2. The molecule has 1 heterocycles. The molecular weight excluding hydrogens is 309 g/mol. The first kappa shape index (κ1) is 14.9. The Balaban J connectivity index is 2.03. The van der Waals surface area contributed by atoms with Crippen LogP contribution in [-0.4, -0.2) is 55.6 Å². The van der Waals surface area contributed by atoms with Crippen LogP contribution in [0.4, 0.5) is 4.39 Å².